The molecule has 100 valence electrons. The molecule has 1 atom stereocenters. The van der Waals surface area contributed by atoms with E-state index < -0.39 is 0 Å². The molecule has 0 bridgehead atoms. The fourth-order valence-electron chi connectivity index (χ4n) is 3.13. The fourth-order valence-corrected chi connectivity index (χ4v) is 3.13. The van der Waals surface area contributed by atoms with E-state index in [9.17, 15) is 0 Å². The van der Waals surface area contributed by atoms with Gasteiger partial charge in [-0.15, -0.1) is 0 Å². The van der Waals surface area contributed by atoms with Crippen molar-refractivity contribution in [2.45, 2.75) is 45.6 Å². The number of likely N-dealkylation sites (N-methyl/N-ethyl adjacent to an activating group) is 1. The van der Waals surface area contributed by atoms with Crippen LogP contribution in [-0.4, -0.2) is 19.6 Å². The van der Waals surface area contributed by atoms with Gasteiger partial charge in [0.1, 0.15) is 0 Å². The summed E-state index contributed by atoms with van der Waals surface area (Å²) in [6.07, 6.45) is 5.38. The van der Waals surface area contributed by atoms with Crippen molar-refractivity contribution in [2.75, 3.05) is 18.5 Å². The SMILES string of the molecule is Cc1cc(C)cc(N(C)CC(N)C2CCCC2)c1. The van der Waals surface area contributed by atoms with Crippen molar-refractivity contribution < 1.29 is 0 Å². The first-order valence-electron chi connectivity index (χ1n) is 7.11. The molecule has 0 saturated heterocycles. The number of hydrogen-bond acceptors (Lipinski definition) is 2. The van der Waals surface area contributed by atoms with Gasteiger partial charge in [-0.25, -0.2) is 0 Å². The Morgan fingerprint density at radius 2 is 1.72 bits per heavy atom. The first-order chi connectivity index (χ1) is 8.56. The van der Waals surface area contributed by atoms with Crippen LogP contribution < -0.4 is 10.6 Å². The number of nitrogens with zero attached hydrogens (tertiary/aromatic N) is 1. The third kappa shape index (κ3) is 3.26. The minimum absolute atomic E-state index is 0.318. The normalized spacial score (nSPS) is 18.0. The molecule has 0 heterocycles. The van der Waals surface area contributed by atoms with E-state index in [4.69, 9.17) is 5.73 Å². The number of anilines is 1. The van der Waals surface area contributed by atoms with Crippen LogP contribution >= 0.6 is 0 Å². The number of benzene rings is 1. The summed E-state index contributed by atoms with van der Waals surface area (Å²) in [5.41, 5.74) is 10.3. The van der Waals surface area contributed by atoms with Crippen molar-refractivity contribution in [3.05, 3.63) is 29.3 Å². The summed E-state index contributed by atoms with van der Waals surface area (Å²) >= 11 is 0. The number of rotatable bonds is 4. The number of nitrogens with two attached hydrogens (primary N) is 1. The molecule has 2 rings (SSSR count). The fraction of sp³-hybridized carbons (Fsp3) is 0.625. The lowest BCUT2D eigenvalue weighted by Gasteiger charge is -2.27. The quantitative estimate of drug-likeness (QED) is 0.883. The van der Waals surface area contributed by atoms with Gasteiger partial charge in [-0.3, -0.25) is 0 Å². The van der Waals surface area contributed by atoms with Gasteiger partial charge in [-0.05, 0) is 55.9 Å². The first kappa shape index (κ1) is 13.4. The minimum atomic E-state index is 0.318. The highest BCUT2D eigenvalue weighted by Gasteiger charge is 2.23. The highest BCUT2D eigenvalue weighted by atomic mass is 15.1. The second-order valence-corrected chi connectivity index (χ2v) is 5.93. The third-order valence-electron chi connectivity index (χ3n) is 4.14. The van der Waals surface area contributed by atoms with E-state index in [2.05, 4.69) is 44.0 Å². The van der Waals surface area contributed by atoms with Gasteiger partial charge in [0.25, 0.3) is 0 Å². The van der Waals surface area contributed by atoms with Crippen LogP contribution in [0.4, 0.5) is 5.69 Å². The van der Waals surface area contributed by atoms with Crippen molar-refractivity contribution in [1.82, 2.24) is 0 Å². The van der Waals surface area contributed by atoms with Crippen molar-refractivity contribution in [3.63, 3.8) is 0 Å². The summed E-state index contributed by atoms with van der Waals surface area (Å²) < 4.78 is 0. The molecule has 1 saturated carbocycles. The van der Waals surface area contributed by atoms with Crippen molar-refractivity contribution in [1.29, 1.82) is 0 Å². The lowest BCUT2D eigenvalue weighted by Crippen LogP contribution is -2.40. The van der Waals surface area contributed by atoms with Crippen LogP contribution in [0.3, 0.4) is 0 Å². The van der Waals surface area contributed by atoms with Crippen LogP contribution in [0.15, 0.2) is 18.2 Å². The predicted octanol–water partition coefficient (Wildman–Crippen LogP) is 3.26. The van der Waals surface area contributed by atoms with Gasteiger partial charge >= 0.3 is 0 Å². The van der Waals surface area contributed by atoms with Crippen molar-refractivity contribution >= 4 is 5.69 Å². The second kappa shape index (κ2) is 5.75. The Hall–Kier alpha value is -1.02. The molecule has 1 aliphatic rings. The maximum absolute atomic E-state index is 6.35. The monoisotopic (exact) mass is 246 g/mol. The zero-order valence-corrected chi connectivity index (χ0v) is 11.9. The van der Waals surface area contributed by atoms with E-state index in [-0.39, 0.29) is 0 Å². The van der Waals surface area contributed by atoms with Crippen LogP contribution in [0.1, 0.15) is 36.8 Å². The average molecular weight is 246 g/mol. The van der Waals surface area contributed by atoms with Crippen LogP contribution in [0.5, 0.6) is 0 Å². The van der Waals surface area contributed by atoms with Gasteiger partial charge in [0, 0.05) is 25.3 Å². The molecule has 1 aromatic carbocycles. The Labute approximate surface area is 111 Å². The second-order valence-electron chi connectivity index (χ2n) is 5.93. The molecule has 1 aromatic rings. The van der Waals surface area contributed by atoms with Gasteiger partial charge in [0.05, 0.1) is 0 Å². The lowest BCUT2D eigenvalue weighted by molar-refractivity contribution is 0.433. The predicted molar refractivity (Wildman–Crippen MR) is 79.1 cm³/mol. The highest BCUT2D eigenvalue weighted by Crippen LogP contribution is 2.28. The Bertz CT molecular complexity index is 374. The Morgan fingerprint density at radius 1 is 1.17 bits per heavy atom. The van der Waals surface area contributed by atoms with Gasteiger partial charge in [-0.1, -0.05) is 18.9 Å². The molecule has 0 amide bonds. The van der Waals surface area contributed by atoms with Crippen LogP contribution in [-0.2, 0) is 0 Å². The molecule has 0 radical (unpaired) electrons. The van der Waals surface area contributed by atoms with Crippen LogP contribution in [0, 0.1) is 19.8 Å². The standard InChI is InChI=1S/C16H26N2/c1-12-8-13(2)10-15(9-12)18(3)11-16(17)14-6-4-5-7-14/h8-10,14,16H,4-7,11,17H2,1-3H3. The molecule has 2 N–H and O–H groups in total. The molecule has 1 aliphatic carbocycles. The van der Waals surface area contributed by atoms with E-state index in [1.165, 1.54) is 42.5 Å². The van der Waals surface area contributed by atoms with Crippen LogP contribution in [0.2, 0.25) is 0 Å². The zero-order chi connectivity index (χ0) is 13.1. The zero-order valence-electron chi connectivity index (χ0n) is 11.9. The molecule has 0 aromatic heterocycles. The summed E-state index contributed by atoms with van der Waals surface area (Å²) in [6, 6.07) is 7.02. The van der Waals surface area contributed by atoms with Crippen LogP contribution in [0.25, 0.3) is 0 Å². The van der Waals surface area contributed by atoms with Gasteiger partial charge in [0.2, 0.25) is 0 Å². The summed E-state index contributed by atoms with van der Waals surface area (Å²) in [5.74, 6) is 0.735. The van der Waals surface area contributed by atoms with E-state index >= 15 is 0 Å². The molecular weight excluding hydrogens is 220 g/mol. The summed E-state index contributed by atoms with van der Waals surface area (Å²) in [6.45, 7) is 5.27. The van der Waals surface area contributed by atoms with E-state index in [1.54, 1.807) is 0 Å². The maximum Gasteiger partial charge on any atom is 0.0369 e. The molecule has 2 heteroatoms. The van der Waals surface area contributed by atoms with E-state index in [0.717, 1.165) is 12.5 Å². The first-order valence-corrected chi connectivity index (χ1v) is 7.11. The van der Waals surface area contributed by atoms with Crippen molar-refractivity contribution in [2.24, 2.45) is 11.7 Å². The van der Waals surface area contributed by atoms with E-state index in [0.29, 0.717) is 6.04 Å². The smallest absolute Gasteiger partial charge is 0.0369 e. The van der Waals surface area contributed by atoms with Gasteiger partial charge in [-0.2, -0.15) is 0 Å². The molecule has 2 nitrogen and oxygen atoms in total. The summed E-state index contributed by atoms with van der Waals surface area (Å²) in [5, 5.41) is 0. The molecule has 0 spiro atoms. The minimum Gasteiger partial charge on any atom is -0.373 e. The largest absolute Gasteiger partial charge is 0.373 e. The number of aryl methyl sites for hydroxylation is 2. The molecule has 1 fully saturated rings. The number of hydrogen-bond donors (Lipinski definition) is 1. The van der Waals surface area contributed by atoms with Gasteiger partial charge in [0.15, 0.2) is 0 Å². The highest BCUT2D eigenvalue weighted by molar-refractivity contribution is 5.50. The maximum atomic E-state index is 6.35. The topological polar surface area (TPSA) is 29.3 Å². The summed E-state index contributed by atoms with van der Waals surface area (Å²) in [4.78, 5) is 2.31. The Balaban J connectivity index is 1.99. The average Bonchev–Trinajstić information content (AvgIpc) is 2.80. The van der Waals surface area contributed by atoms with Gasteiger partial charge < -0.3 is 10.6 Å². The Kier molecular flexibility index (Phi) is 4.28. The Morgan fingerprint density at radius 3 is 2.28 bits per heavy atom. The molecule has 18 heavy (non-hydrogen) atoms. The summed E-state index contributed by atoms with van der Waals surface area (Å²) in [7, 11) is 2.16. The molecule has 1 unspecified atom stereocenters. The third-order valence-corrected chi connectivity index (χ3v) is 4.14. The van der Waals surface area contributed by atoms with E-state index in [1.807, 2.05) is 0 Å². The molecular formula is C16H26N2. The molecule has 0 aliphatic heterocycles. The lowest BCUT2D eigenvalue weighted by atomic mass is 9.98. The van der Waals surface area contributed by atoms with Crippen molar-refractivity contribution in [3.8, 4) is 0 Å².